The van der Waals surface area contributed by atoms with E-state index in [4.69, 9.17) is 0 Å². The SMILES string of the molecule is CC(C)(C)CN(CCNCCc1ccc(O)c2[nH]c(=O)sc12)C(=O)CCNCCc1cccc(F)c1.O=C(C(=O)C(F)(F)F)C(F)(F)F. The van der Waals surface area contributed by atoms with Gasteiger partial charge in [-0.15, -0.1) is 0 Å². The number of benzene rings is 2. The van der Waals surface area contributed by atoms with Crippen LogP contribution >= 0.6 is 11.3 Å². The molecule has 48 heavy (non-hydrogen) atoms. The second-order valence-electron chi connectivity index (χ2n) is 11.9. The smallest absolute Gasteiger partial charge is 0.458 e. The van der Waals surface area contributed by atoms with Crippen molar-refractivity contribution in [2.75, 3.05) is 39.3 Å². The largest absolute Gasteiger partial charge is 0.506 e. The van der Waals surface area contributed by atoms with E-state index in [0.717, 1.165) is 27.2 Å². The third kappa shape index (κ3) is 13.7. The number of hydrogen-bond donors (Lipinski definition) is 4. The lowest BCUT2D eigenvalue weighted by Crippen LogP contribution is -2.42. The fourth-order valence-electron chi connectivity index (χ4n) is 4.36. The summed E-state index contributed by atoms with van der Waals surface area (Å²) in [6.07, 6.45) is -9.70. The van der Waals surface area contributed by atoms with Crippen LogP contribution in [0.5, 0.6) is 5.75 Å². The van der Waals surface area contributed by atoms with Crippen LogP contribution in [0.2, 0.25) is 0 Å². The number of nitrogens with zero attached hydrogens (tertiary/aromatic N) is 1. The van der Waals surface area contributed by atoms with Crippen LogP contribution in [-0.4, -0.2) is 84.1 Å². The first-order valence-corrected chi connectivity index (χ1v) is 15.5. The number of hydrogen-bond acceptors (Lipinski definition) is 8. The highest BCUT2D eigenvalue weighted by Crippen LogP contribution is 2.28. The van der Waals surface area contributed by atoms with Crippen molar-refractivity contribution in [2.24, 2.45) is 5.41 Å². The molecule has 4 N–H and O–H groups in total. The number of rotatable bonds is 14. The van der Waals surface area contributed by atoms with Crippen molar-refractivity contribution < 1.29 is 50.2 Å². The van der Waals surface area contributed by atoms with Gasteiger partial charge in [0.2, 0.25) is 5.91 Å². The van der Waals surface area contributed by atoms with Crippen molar-refractivity contribution in [1.82, 2.24) is 20.5 Å². The molecule has 1 aromatic heterocycles. The molecule has 0 unspecified atom stereocenters. The van der Waals surface area contributed by atoms with Crippen LogP contribution in [0.3, 0.4) is 0 Å². The zero-order valence-corrected chi connectivity index (χ0v) is 27.2. The maximum absolute atomic E-state index is 13.3. The average molecular weight is 711 g/mol. The van der Waals surface area contributed by atoms with E-state index < -0.39 is 23.9 Å². The molecule has 266 valence electrons. The van der Waals surface area contributed by atoms with Crippen molar-refractivity contribution in [1.29, 1.82) is 0 Å². The van der Waals surface area contributed by atoms with Gasteiger partial charge >= 0.3 is 28.8 Å². The molecule has 0 saturated heterocycles. The number of nitrogens with one attached hydrogen (secondary N) is 3. The van der Waals surface area contributed by atoms with Crippen LogP contribution in [0.15, 0.2) is 41.2 Å². The van der Waals surface area contributed by atoms with Gasteiger partial charge in [-0.3, -0.25) is 19.2 Å². The number of H-pyrrole nitrogens is 1. The number of ketones is 2. The number of halogens is 7. The lowest BCUT2D eigenvalue weighted by Gasteiger charge is -2.30. The molecule has 1 amide bonds. The zero-order chi connectivity index (χ0) is 36.3. The van der Waals surface area contributed by atoms with E-state index in [1.54, 1.807) is 12.1 Å². The number of aromatic amines is 1. The minimum atomic E-state index is -5.77. The number of carbonyl (C=O) groups excluding carboxylic acids is 3. The van der Waals surface area contributed by atoms with Gasteiger partial charge in [0.25, 0.3) is 0 Å². The predicted molar refractivity (Wildman–Crippen MR) is 166 cm³/mol. The second kappa shape index (κ2) is 17.5. The normalized spacial score (nSPS) is 12.0. The third-order valence-electron chi connectivity index (χ3n) is 6.50. The maximum Gasteiger partial charge on any atom is 0.458 e. The van der Waals surface area contributed by atoms with Crippen LogP contribution in [0.4, 0.5) is 30.7 Å². The van der Waals surface area contributed by atoms with Crippen molar-refractivity contribution >= 4 is 39.0 Å². The lowest BCUT2D eigenvalue weighted by molar-refractivity contribution is -0.193. The number of aromatic hydroxyl groups is 1. The van der Waals surface area contributed by atoms with Gasteiger partial charge in [0.1, 0.15) is 17.1 Å². The fourth-order valence-corrected chi connectivity index (χ4v) is 5.25. The predicted octanol–water partition coefficient (Wildman–Crippen LogP) is 4.91. The summed E-state index contributed by atoms with van der Waals surface area (Å²) in [7, 11) is 0. The summed E-state index contributed by atoms with van der Waals surface area (Å²) in [6.45, 7) is 10.3. The molecule has 0 aliphatic heterocycles. The highest BCUT2D eigenvalue weighted by atomic mass is 32.1. The van der Waals surface area contributed by atoms with E-state index in [2.05, 4.69) is 36.4 Å². The molecule has 0 radical (unpaired) electrons. The lowest BCUT2D eigenvalue weighted by atomic mass is 9.96. The number of carbonyl (C=O) groups is 3. The van der Waals surface area contributed by atoms with Crippen LogP contribution in [0, 0.1) is 11.2 Å². The molecule has 2 aromatic carbocycles. The Labute approximate surface area is 275 Å². The number of phenols is 1. The molecule has 1 heterocycles. The van der Waals surface area contributed by atoms with Crippen LogP contribution in [-0.2, 0) is 27.2 Å². The standard InChI is InChI=1S/C27H37FN4O3S.C4F6O2/c1-27(2,3)18-32(23(34)11-14-29-12-9-19-5-4-6-21(28)17-19)16-15-30-13-10-20-7-8-22(33)24-25(20)36-26(35)31-24;5-3(6,7)1(11)2(12)4(8,9)10/h4-8,17,29-30,33H,9-16,18H2,1-3H3,(H,31,35);. The molecule has 3 rings (SSSR count). The van der Waals surface area contributed by atoms with Gasteiger partial charge in [-0.05, 0) is 60.7 Å². The van der Waals surface area contributed by atoms with E-state index in [9.17, 15) is 55.0 Å². The maximum atomic E-state index is 13.3. The minimum absolute atomic E-state index is 0.0101. The summed E-state index contributed by atoms with van der Waals surface area (Å²) in [4.78, 5) is 48.3. The van der Waals surface area contributed by atoms with E-state index in [-0.39, 0.29) is 27.8 Å². The Kier molecular flexibility index (Phi) is 14.7. The number of alkyl halides is 6. The average Bonchev–Trinajstić information content (AvgIpc) is 3.37. The fraction of sp³-hybridized carbons (Fsp3) is 0.484. The quantitative estimate of drug-likeness (QED) is 0.106. The Balaban J connectivity index is 0.000000567. The van der Waals surface area contributed by atoms with Gasteiger partial charge in [-0.25, -0.2) is 4.39 Å². The van der Waals surface area contributed by atoms with Crippen LogP contribution in [0.25, 0.3) is 10.2 Å². The number of phenolic OH excluding ortho intramolecular Hbond substituents is 1. The Morgan fingerprint density at radius 3 is 2.06 bits per heavy atom. The van der Waals surface area contributed by atoms with E-state index in [0.29, 0.717) is 64.0 Å². The first-order valence-electron chi connectivity index (χ1n) is 14.7. The highest BCUT2D eigenvalue weighted by Gasteiger charge is 2.54. The van der Waals surface area contributed by atoms with E-state index in [1.165, 1.54) is 12.1 Å². The second-order valence-corrected chi connectivity index (χ2v) is 12.9. The molecular formula is C31H37F7N4O5S. The van der Waals surface area contributed by atoms with Gasteiger partial charge in [-0.1, -0.05) is 50.3 Å². The molecule has 0 aliphatic carbocycles. The number of fused-ring (bicyclic) bond motifs is 1. The van der Waals surface area contributed by atoms with Crippen molar-refractivity contribution in [3.8, 4) is 5.75 Å². The first kappa shape index (κ1) is 40.3. The van der Waals surface area contributed by atoms with Crippen molar-refractivity contribution in [3.63, 3.8) is 0 Å². The summed E-state index contributed by atoms with van der Waals surface area (Å²) in [5, 5.41) is 16.6. The molecule has 0 fully saturated rings. The Bertz CT molecular complexity index is 1570. The Morgan fingerprint density at radius 2 is 1.48 bits per heavy atom. The molecule has 3 aromatic rings. The Hall–Kier alpha value is -3.83. The summed E-state index contributed by atoms with van der Waals surface area (Å²) in [6, 6.07) is 10.0. The molecule has 0 aliphatic rings. The number of thiazole rings is 1. The van der Waals surface area contributed by atoms with E-state index in [1.807, 2.05) is 17.0 Å². The first-order chi connectivity index (χ1) is 22.2. The number of Topliss-reactive ketones (excluding diaryl/α,β-unsaturated/α-hetero) is 2. The molecule has 0 atom stereocenters. The topological polar surface area (TPSA) is 132 Å². The minimum Gasteiger partial charge on any atom is -0.506 e. The van der Waals surface area contributed by atoms with Gasteiger partial charge in [0, 0.05) is 32.6 Å². The number of amides is 1. The third-order valence-corrected chi connectivity index (χ3v) is 7.46. The van der Waals surface area contributed by atoms with Crippen LogP contribution < -0.4 is 15.5 Å². The summed E-state index contributed by atoms with van der Waals surface area (Å²) >= 11 is 1.11. The molecule has 0 saturated carbocycles. The van der Waals surface area contributed by atoms with E-state index >= 15 is 0 Å². The monoisotopic (exact) mass is 710 g/mol. The molecule has 9 nitrogen and oxygen atoms in total. The molecule has 0 bridgehead atoms. The van der Waals surface area contributed by atoms with Crippen molar-refractivity contribution in [2.45, 2.75) is 52.4 Å². The molecule has 0 spiro atoms. The van der Waals surface area contributed by atoms with Gasteiger partial charge in [0.05, 0.1) is 4.70 Å². The van der Waals surface area contributed by atoms with Gasteiger partial charge in [0.15, 0.2) is 0 Å². The van der Waals surface area contributed by atoms with Crippen LogP contribution in [0.1, 0.15) is 38.3 Å². The van der Waals surface area contributed by atoms with Crippen molar-refractivity contribution in [3.05, 3.63) is 63.0 Å². The summed E-state index contributed by atoms with van der Waals surface area (Å²) in [5.41, 5.74) is 2.43. The molecular weight excluding hydrogens is 673 g/mol. The zero-order valence-electron chi connectivity index (χ0n) is 26.4. The highest BCUT2D eigenvalue weighted by molar-refractivity contribution is 7.16. The summed E-state index contributed by atoms with van der Waals surface area (Å²) in [5.74, 6) is -6.85. The Morgan fingerprint density at radius 1 is 0.875 bits per heavy atom. The summed E-state index contributed by atoms with van der Waals surface area (Å²) < 4.78 is 81.0. The number of aromatic nitrogens is 1. The molecule has 17 heteroatoms. The van der Waals surface area contributed by atoms with Gasteiger partial charge in [-0.2, -0.15) is 26.3 Å². The van der Waals surface area contributed by atoms with Gasteiger partial charge < -0.3 is 25.6 Å².